The first-order chi connectivity index (χ1) is 8.45. The van der Waals surface area contributed by atoms with Crippen LogP contribution in [0.1, 0.15) is 25.3 Å². The molecule has 5 heteroatoms. The Balaban J connectivity index is 2.87. The average Bonchev–Trinajstić information content (AvgIpc) is 2.34. The number of benzene rings is 1. The highest BCUT2D eigenvalue weighted by atomic mass is 35.5. The van der Waals surface area contributed by atoms with E-state index in [-0.39, 0.29) is 0 Å². The molecule has 1 N–H and O–H groups in total. The zero-order valence-corrected chi connectivity index (χ0v) is 12.6. The standard InChI is InChI=1S/C13H13Cl3N2/c1-6(2)7-4-8-11(16)9(14)5-10(15)12(8)18-13(7)17-3/h4-6H,1-3H3,(H,17,18). The van der Waals surface area contributed by atoms with E-state index in [4.69, 9.17) is 34.8 Å². The monoisotopic (exact) mass is 302 g/mol. The Labute approximate surface area is 121 Å². The van der Waals surface area contributed by atoms with E-state index in [1.807, 2.05) is 13.1 Å². The smallest absolute Gasteiger partial charge is 0.129 e. The Bertz CT molecular complexity index is 609. The molecule has 1 aromatic carbocycles. The molecule has 18 heavy (non-hydrogen) atoms. The van der Waals surface area contributed by atoms with Gasteiger partial charge in [0.2, 0.25) is 0 Å². The lowest BCUT2D eigenvalue weighted by molar-refractivity contribution is 0.864. The molecule has 0 radical (unpaired) electrons. The van der Waals surface area contributed by atoms with Gasteiger partial charge in [0.15, 0.2) is 0 Å². The van der Waals surface area contributed by atoms with Gasteiger partial charge in [0, 0.05) is 12.4 Å². The van der Waals surface area contributed by atoms with Gasteiger partial charge >= 0.3 is 0 Å². The second-order valence-corrected chi connectivity index (χ2v) is 5.57. The number of aromatic nitrogens is 1. The van der Waals surface area contributed by atoms with Crippen LogP contribution < -0.4 is 5.32 Å². The maximum atomic E-state index is 6.22. The lowest BCUT2D eigenvalue weighted by atomic mass is 10.0. The Morgan fingerprint density at radius 1 is 1.11 bits per heavy atom. The molecule has 2 rings (SSSR count). The van der Waals surface area contributed by atoms with Crippen LogP contribution in [0.5, 0.6) is 0 Å². The highest BCUT2D eigenvalue weighted by Gasteiger charge is 2.15. The predicted molar refractivity (Wildman–Crippen MR) is 80.4 cm³/mol. The van der Waals surface area contributed by atoms with Crippen molar-refractivity contribution in [2.75, 3.05) is 12.4 Å². The Kier molecular flexibility index (Phi) is 3.90. The molecule has 1 aromatic heterocycles. The van der Waals surface area contributed by atoms with Crippen LogP contribution >= 0.6 is 34.8 Å². The first-order valence-electron chi connectivity index (χ1n) is 5.61. The summed E-state index contributed by atoms with van der Waals surface area (Å²) in [5.41, 5.74) is 1.75. The van der Waals surface area contributed by atoms with Gasteiger partial charge < -0.3 is 5.32 Å². The van der Waals surface area contributed by atoms with Gasteiger partial charge in [-0.05, 0) is 23.6 Å². The maximum absolute atomic E-state index is 6.22. The molecule has 0 aliphatic rings. The van der Waals surface area contributed by atoms with Crippen molar-refractivity contribution in [1.29, 1.82) is 0 Å². The Hall–Kier alpha value is -0.700. The van der Waals surface area contributed by atoms with Crippen LogP contribution in [0.3, 0.4) is 0 Å². The first-order valence-corrected chi connectivity index (χ1v) is 6.75. The van der Waals surface area contributed by atoms with E-state index >= 15 is 0 Å². The number of fused-ring (bicyclic) bond motifs is 1. The fraction of sp³-hybridized carbons (Fsp3) is 0.308. The van der Waals surface area contributed by atoms with Crippen LogP contribution in [0.4, 0.5) is 5.82 Å². The van der Waals surface area contributed by atoms with Crippen molar-refractivity contribution >= 4 is 51.5 Å². The number of rotatable bonds is 2. The van der Waals surface area contributed by atoms with Crippen molar-refractivity contribution in [1.82, 2.24) is 4.98 Å². The minimum absolute atomic E-state index is 0.332. The summed E-state index contributed by atoms with van der Waals surface area (Å²) in [6.45, 7) is 4.20. The van der Waals surface area contributed by atoms with Gasteiger partial charge in [-0.2, -0.15) is 0 Å². The van der Waals surface area contributed by atoms with E-state index in [2.05, 4.69) is 24.1 Å². The molecule has 96 valence electrons. The van der Waals surface area contributed by atoms with E-state index in [1.165, 1.54) is 0 Å². The number of anilines is 1. The summed E-state index contributed by atoms with van der Waals surface area (Å²) in [6.07, 6.45) is 0. The summed E-state index contributed by atoms with van der Waals surface area (Å²) in [5, 5.41) is 5.32. The van der Waals surface area contributed by atoms with E-state index in [1.54, 1.807) is 6.07 Å². The van der Waals surface area contributed by atoms with Gasteiger partial charge in [0.1, 0.15) is 5.82 Å². The van der Waals surface area contributed by atoms with Crippen LogP contribution in [0.25, 0.3) is 10.9 Å². The van der Waals surface area contributed by atoms with Gasteiger partial charge in [0.05, 0.1) is 20.6 Å². The van der Waals surface area contributed by atoms with E-state index < -0.39 is 0 Å². The zero-order chi connectivity index (χ0) is 13.4. The highest BCUT2D eigenvalue weighted by Crippen LogP contribution is 2.38. The van der Waals surface area contributed by atoms with Gasteiger partial charge in [0.25, 0.3) is 0 Å². The van der Waals surface area contributed by atoms with E-state index in [9.17, 15) is 0 Å². The SMILES string of the molecule is CNc1nc2c(Cl)cc(Cl)c(Cl)c2cc1C(C)C. The average molecular weight is 304 g/mol. The maximum Gasteiger partial charge on any atom is 0.129 e. The molecule has 1 heterocycles. The molecule has 0 spiro atoms. The van der Waals surface area contributed by atoms with Crippen molar-refractivity contribution in [2.45, 2.75) is 19.8 Å². The van der Waals surface area contributed by atoms with Crippen molar-refractivity contribution in [3.8, 4) is 0 Å². The van der Waals surface area contributed by atoms with E-state index in [0.717, 1.165) is 16.8 Å². The number of halogens is 3. The molecule has 0 bridgehead atoms. The molecule has 0 fully saturated rings. The molecular weight excluding hydrogens is 291 g/mol. The molecule has 0 saturated heterocycles. The molecule has 0 saturated carbocycles. The molecule has 2 aromatic rings. The third-order valence-electron chi connectivity index (χ3n) is 2.84. The number of hydrogen-bond acceptors (Lipinski definition) is 2. The molecule has 0 unspecified atom stereocenters. The van der Waals surface area contributed by atoms with E-state index in [0.29, 0.717) is 26.5 Å². The van der Waals surface area contributed by atoms with Crippen molar-refractivity contribution in [3.05, 3.63) is 32.8 Å². The van der Waals surface area contributed by atoms with Crippen LogP contribution in [-0.2, 0) is 0 Å². The Morgan fingerprint density at radius 2 is 1.78 bits per heavy atom. The fourth-order valence-corrected chi connectivity index (χ4v) is 2.61. The van der Waals surface area contributed by atoms with Crippen molar-refractivity contribution in [3.63, 3.8) is 0 Å². The third-order valence-corrected chi connectivity index (χ3v) is 3.93. The number of nitrogens with zero attached hydrogens (tertiary/aromatic N) is 1. The summed E-state index contributed by atoms with van der Waals surface area (Å²) in [5.74, 6) is 1.15. The Morgan fingerprint density at radius 3 is 2.33 bits per heavy atom. The van der Waals surface area contributed by atoms with Gasteiger partial charge in [-0.15, -0.1) is 0 Å². The topological polar surface area (TPSA) is 24.9 Å². The third kappa shape index (κ3) is 2.25. The molecule has 0 aliphatic heterocycles. The minimum atomic E-state index is 0.332. The van der Waals surface area contributed by atoms with Crippen molar-refractivity contribution < 1.29 is 0 Å². The summed E-state index contributed by atoms with van der Waals surface area (Å²) in [6, 6.07) is 3.62. The van der Waals surface area contributed by atoms with Gasteiger partial charge in [-0.1, -0.05) is 48.7 Å². The fourth-order valence-electron chi connectivity index (χ4n) is 1.89. The van der Waals surface area contributed by atoms with Crippen LogP contribution in [0, 0.1) is 0 Å². The van der Waals surface area contributed by atoms with Crippen LogP contribution in [0.15, 0.2) is 12.1 Å². The lowest BCUT2D eigenvalue weighted by Crippen LogP contribution is -2.01. The number of pyridine rings is 1. The molecular formula is C13H13Cl3N2. The van der Waals surface area contributed by atoms with Crippen molar-refractivity contribution in [2.24, 2.45) is 0 Å². The first kappa shape index (κ1) is 13.7. The quantitative estimate of drug-likeness (QED) is 0.755. The normalized spacial score (nSPS) is 11.3. The summed E-state index contributed by atoms with van der Waals surface area (Å²) >= 11 is 18.4. The predicted octanol–water partition coefficient (Wildman–Crippen LogP) is 5.36. The summed E-state index contributed by atoms with van der Waals surface area (Å²) < 4.78 is 0. The highest BCUT2D eigenvalue weighted by molar-refractivity contribution is 6.47. The number of nitrogens with one attached hydrogen (secondary N) is 1. The lowest BCUT2D eigenvalue weighted by Gasteiger charge is -2.14. The molecule has 0 atom stereocenters. The summed E-state index contributed by atoms with van der Waals surface area (Å²) in [4.78, 5) is 4.53. The van der Waals surface area contributed by atoms with Gasteiger partial charge in [-0.3, -0.25) is 0 Å². The minimum Gasteiger partial charge on any atom is -0.373 e. The summed E-state index contributed by atoms with van der Waals surface area (Å²) in [7, 11) is 1.84. The second-order valence-electron chi connectivity index (χ2n) is 4.38. The second kappa shape index (κ2) is 5.12. The largest absolute Gasteiger partial charge is 0.373 e. The van der Waals surface area contributed by atoms with Gasteiger partial charge in [-0.25, -0.2) is 4.98 Å². The van der Waals surface area contributed by atoms with Crippen LogP contribution in [0.2, 0.25) is 15.1 Å². The molecule has 0 amide bonds. The van der Waals surface area contributed by atoms with Crippen LogP contribution in [-0.4, -0.2) is 12.0 Å². The molecule has 0 aliphatic carbocycles. The number of hydrogen-bond donors (Lipinski definition) is 1. The molecule has 2 nitrogen and oxygen atoms in total. The zero-order valence-electron chi connectivity index (χ0n) is 10.3.